The zero-order valence-electron chi connectivity index (χ0n) is 14.7. The van der Waals surface area contributed by atoms with Crippen molar-refractivity contribution in [3.63, 3.8) is 0 Å². The number of halogens is 1. The molecule has 0 saturated heterocycles. The number of unbranched alkanes of at least 4 members (excludes halogenated alkanes) is 3. The van der Waals surface area contributed by atoms with Crippen LogP contribution in [0.3, 0.4) is 0 Å². The van der Waals surface area contributed by atoms with Crippen LogP contribution in [0.15, 0.2) is 60.7 Å². The third kappa shape index (κ3) is 8.19. The molecule has 0 saturated carbocycles. The Bertz CT molecular complexity index is 589. The van der Waals surface area contributed by atoms with Crippen LogP contribution in [0.25, 0.3) is 0 Å². The highest BCUT2D eigenvalue weighted by molar-refractivity contribution is 5.85. The zero-order chi connectivity index (χ0) is 17.0. The number of nitrogens with two attached hydrogens (primary N) is 1. The molecule has 3 nitrogen and oxygen atoms in total. The topological polar surface area (TPSA) is 55.1 Å². The van der Waals surface area contributed by atoms with Gasteiger partial charge in [0.2, 0.25) is 5.91 Å². The lowest BCUT2D eigenvalue weighted by Gasteiger charge is -2.19. The molecule has 1 atom stereocenters. The van der Waals surface area contributed by atoms with Crippen LogP contribution in [0.4, 0.5) is 0 Å². The lowest BCUT2D eigenvalue weighted by molar-refractivity contribution is -0.122. The summed E-state index contributed by atoms with van der Waals surface area (Å²) in [6.45, 7) is 0.735. The maximum atomic E-state index is 12.3. The summed E-state index contributed by atoms with van der Waals surface area (Å²) in [6.07, 6.45) is 5.54. The summed E-state index contributed by atoms with van der Waals surface area (Å²) in [6, 6.07) is 20.5. The van der Waals surface area contributed by atoms with Crippen LogP contribution in [0.1, 0.15) is 49.3 Å². The summed E-state index contributed by atoms with van der Waals surface area (Å²) in [5, 5.41) is 3.21. The Balaban J connectivity index is 0.00000312. The molecule has 25 heavy (non-hydrogen) atoms. The number of carbonyl (C=O) groups excluding carboxylic acids is 1. The first kappa shape index (κ1) is 21.2. The van der Waals surface area contributed by atoms with Crippen LogP contribution in [0.5, 0.6) is 0 Å². The van der Waals surface area contributed by atoms with Gasteiger partial charge in [-0.25, -0.2) is 0 Å². The van der Waals surface area contributed by atoms with E-state index in [1.165, 1.54) is 5.56 Å². The van der Waals surface area contributed by atoms with Crippen LogP contribution >= 0.6 is 12.4 Å². The van der Waals surface area contributed by atoms with Crippen molar-refractivity contribution < 1.29 is 4.79 Å². The van der Waals surface area contributed by atoms with Crippen molar-refractivity contribution in [3.8, 4) is 0 Å². The Morgan fingerprint density at radius 1 is 0.880 bits per heavy atom. The van der Waals surface area contributed by atoms with Crippen molar-refractivity contribution in [2.45, 2.75) is 44.6 Å². The van der Waals surface area contributed by atoms with Gasteiger partial charge in [-0.15, -0.1) is 12.4 Å². The second-order valence-corrected chi connectivity index (χ2v) is 6.17. The molecule has 0 fully saturated rings. The molecule has 2 aromatic rings. The number of benzene rings is 2. The van der Waals surface area contributed by atoms with Crippen molar-refractivity contribution in [2.24, 2.45) is 5.73 Å². The molecule has 2 aromatic carbocycles. The molecule has 0 heterocycles. The van der Waals surface area contributed by atoms with Gasteiger partial charge in [0, 0.05) is 6.42 Å². The van der Waals surface area contributed by atoms with Gasteiger partial charge < -0.3 is 11.1 Å². The summed E-state index contributed by atoms with van der Waals surface area (Å²) in [5.74, 6) is 0.132. The molecule has 0 radical (unpaired) electrons. The van der Waals surface area contributed by atoms with Crippen LogP contribution in [0, 0.1) is 0 Å². The Morgan fingerprint density at radius 2 is 1.48 bits per heavy atom. The number of nitrogens with one attached hydrogen (secondary N) is 1. The smallest absolute Gasteiger partial charge is 0.220 e. The van der Waals surface area contributed by atoms with E-state index < -0.39 is 0 Å². The van der Waals surface area contributed by atoms with Gasteiger partial charge in [-0.05, 0) is 36.9 Å². The first-order chi connectivity index (χ1) is 11.8. The fourth-order valence-corrected chi connectivity index (χ4v) is 2.84. The van der Waals surface area contributed by atoms with E-state index >= 15 is 0 Å². The van der Waals surface area contributed by atoms with E-state index in [0.717, 1.165) is 44.2 Å². The molecule has 1 amide bonds. The number of carbonyl (C=O) groups is 1. The third-order valence-corrected chi connectivity index (χ3v) is 4.18. The largest absolute Gasteiger partial charge is 0.349 e. The number of hydrogen-bond acceptors (Lipinski definition) is 2. The molecule has 3 N–H and O–H groups in total. The van der Waals surface area contributed by atoms with Gasteiger partial charge in [0.15, 0.2) is 0 Å². The molecule has 1 unspecified atom stereocenters. The second kappa shape index (κ2) is 12.5. The molecule has 0 aromatic heterocycles. The van der Waals surface area contributed by atoms with Gasteiger partial charge in [0.25, 0.3) is 0 Å². The number of hydrogen-bond donors (Lipinski definition) is 2. The predicted molar refractivity (Wildman–Crippen MR) is 107 cm³/mol. The van der Waals surface area contributed by atoms with Crippen molar-refractivity contribution >= 4 is 18.3 Å². The van der Waals surface area contributed by atoms with E-state index in [4.69, 9.17) is 5.73 Å². The van der Waals surface area contributed by atoms with Crippen molar-refractivity contribution in [2.75, 3.05) is 6.54 Å². The SMILES string of the molecule is Cl.NCCCCCCC(=O)NC(Cc1ccccc1)c1ccccc1. The van der Waals surface area contributed by atoms with Gasteiger partial charge >= 0.3 is 0 Å². The highest BCUT2D eigenvalue weighted by Crippen LogP contribution is 2.19. The molecule has 0 aliphatic rings. The van der Waals surface area contributed by atoms with Crippen molar-refractivity contribution in [1.82, 2.24) is 5.32 Å². The van der Waals surface area contributed by atoms with Crippen LogP contribution < -0.4 is 11.1 Å². The molecular weight excluding hydrogens is 332 g/mol. The van der Waals surface area contributed by atoms with Crippen molar-refractivity contribution in [1.29, 1.82) is 0 Å². The first-order valence-corrected chi connectivity index (χ1v) is 8.88. The molecular formula is C21H29ClN2O. The fraction of sp³-hybridized carbons (Fsp3) is 0.381. The van der Waals surface area contributed by atoms with E-state index in [9.17, 15) is 4.79 Å². The highest BCUT2D eigenvalue weighted by Gasteiger charge is 2.14. The number of rotatable bonds is 10. The average Bonchev–Trinajstić information content (AvgIpc) is 2.62. The Hall–Kier alpha value is -1.84. The minimum atomic E-state index is 0. The second-order valence-electron chi connectivity index (χ2n) is 6.17. The summed E-state index contributed by atoms with van der Waals surface area (Å²) >= 11 is 0. The van der Waals surface area contributed by atoms with Gasteiger partial charge in [-0.2, -0.15) is 0 Å². The van der Waals surface area contributed by atoms with Gasteiger partial charge in [0.05, 0.1) is 6.04 Å². The molecule has 136 valence electrons. The average molecular weight is 361 g/mol. The van der Waals surface area contributed by atoms with Gasteiger partial charge in [-0.1, -0.05) is 73.5 Å². The molecule has 4 heteroatoms. The monoisotopic (exact) mass is 360 g/mol. The standard InChI is InChI=1S/C21H28N2O.ClH/c22-16-10-2-1-9-15-21(24)23-20(19-13-7-4-8-14-19)17-18-11-5-3-6-12-18;/h3-8,11-14,20H,1-2,9-10,15-17,22H2,(H,23,24);1H. The number of amides is 1. The first-order valence-electron chi connectivity index (χ1n) is 8.88. The fourth-order valence-electron chi connectivity index (χ4n) is 2.84. The summed E-state index contributed by atoms with van der Waals surface area (Å²) in [4.78, 5) is 12.3. The van der Waals surface area contributed by atoms with E-state index in [-0.39, 0.29) is 24.4 Å². The van der Waals surface area contributed by atoms with Crippen LogP contribution in [0.2, 0.25) is 0 Å². The highest BCUT2D eigenvalue weighted by atomic mass is 35.5. The van der Waals surface area contributed by atoms with Gasteiger partial charge in [0.1, 0.15) is 0 Å². The normalized spacial score (nSPS) is 11.4. The third-order valence-electron chi connectivity index (χ3n) is 4.18. The molecule has 0 aliphatic heterocycles. The lowest BCUT2D eigenvalue weighted by atomic mass is 9.98. The minimum Gasteiger partial charge on any atom is -0.349 e. The van der Waals surface area contributed by atoms with E-state index in [1.54, 1.807) is 0 Å². The quantitative estimate of drug-likeness (QED) is 0.616. The minimum absolute atomic E-state index is 0. The Kier molecular flexibility index (Phi) is 10.6. The van der Waals surface area contributed by atoms with E-state index in [1.807, 2.05) is 36.4 Å². The maximum Gasteiger partial charge on any atom is 0.220 e. The Morgan fingerprint density at radius 3 is 2.12 bits per heavy atom. The van der Waals surface area contributed by atoms with E-state index in [2.05, 4.69) is 29.6 Å². The zero-order valence-corrected chi connectivity index (χ0v) is 15.5. The molecule has 0 aliphatic carbocycles. The van der Waals surface area contributed by atoms with Crippen LogP contribution in [-0.4, -0.2) is 12.5 Å². The maximum absolute atomic E-state index is 12.3. The lowest BCUT2D eigenvalue weighted by Crippen LogP contribution is -2.29. The molecule has 2 rings (SSSR count). The molecule has 0 spiro atoms. The van der Waals surface area contributed by atoms with Gasteiger partial charge in [-0.3, -0.25) is 4.79 Å². The summed E-state index contributed by atoms with van der Waals surface area (Å²) in [5.41, 5.74) is 7.88. The van der Waals surface area contributed by atoms with Crippen molar-refractivity contribution in [3.05, 3.63) is 71.8 Å². The summed E-state index contributed by atoms with van der Waals surface area (Å²) in [7, 11) is 0. The molecule has 0 bridgehead atoms. The predicted octanol–water partition coefficient (Wildman–Crippen LogP) is 4.42. The van der Waals surface area contributed by atoms with Crippen LogP contribution in [-0.2, 0) is 11.2 Å². The summed E-state index contributed by atoms with van der Waals surface area (Å²) < 4.78 is 0. The van der Waals surface area contributed by atoms with E-state index in [0.29, 0.717) is 6.42 Å². The Labute approximate surface area is 157 Å².